The number of pyridine rings is 1. The molecule has 3 aromatic rings. The molecule has 0 saturated carbocycles. The number of para-hydroxylation sites is 1. The molecule has 0 saturated heterocycles. The molecule has 4 nitrogen and oxygen atoms in total. The van der Waals surface area contributed by atoms with Crippen molar-refractivity contribution in [2.75, 3.05) is 12.8 Å². The number of hydrogen-bond donors (Lipinski definition) is 1. The lowest BCUT2D eigenvalue weighted by Gasteiger charge is -1.99. The standard InChI is InChI=1S/C14H12N2O2/c1-17-12-4-2-3-9-7-13(18-14(9)12)11-6-5-10(15)8-16-11/h2-8H,15H2,1H3. The number of rotatable bonds is 2. The second-order valence-electron chi connectivity index (χ2n) is 3.97. The minimum Gasteiger partial charge on any atom is -0.493 e. The van der Waals surface area contributed by atoms with Crippen molar-refractivity contribution in [1.29, 1.82) is 0 Å². The quantitative estimate of drug-likeness (QED) is 0.747. The maximum Gasteiger partial charge on any atom is 0.176 e. The molecule has 0 aliphatic heterocycles. The van der Waals surface area contributed by atoms with Crippen LogP contribution >= 0.6 is 0 Å². The molecule has 0 spiro atoms. The van der Waals surface area contributed by atoms with Crippen LogP contribution in [0.25, 0.3) is 22.4 Å². The number of furan rings is 1. The second-order valence-corrected chi connectivity index (χ2v) is 3.97. The maximum atomic E-state index is 5.79. The molecular weight excluding hydrogens is 228 g/mol. The lowest BCUT2D eigenvalue weighted by atomic mass is 10.2. The molecule has 2 N–H and O–H groups in total. The van der Waals surface area contributed by atoms with Crippen molar-refractivity contribution in [2.45, 2.75) is 0 Å². The average Bonchev–Trinajstić information content (AvgIpc) is 2.83. The van der Waals surface area contributed by atoms with Crippen molar-refractivity contribution < 1.29 is 9.15 Å². The Morgan fingerprint density at radius 3 is 2.83 bits per heavy atom. The fourth-order valence-corrected chi connectivity index (χ4v) is 1.87. The van der Waals surface area contributed by atoms with Crippen LogP contribution in [-0.2, 0) is 0 Å². The highest BCUT2D eigenvalue weighted by atomic mass is 16.5. The summed E-state index contributed by atoms with van der Waals surface area (Å²) in [6, 6.07) is 11.3. The summed E-state index contributed by atoms with van der Waals surface area (Å²) < 4.78 is 11.0. The van der Waals surface area contributed by atoms with Crippen LogP contribution in [0.15, 0.2) is 47.0 Å². The number of hydrogen-bond acceptors (Lipinski definition) is 4. The van der Waals surface area contributed by atoms with Gasteiger partial charge in [-0.3, -0.25) is 4.98 Å². The van der Waals surface area contributed by atoms with Gasteiger partial charge in [-0.2, -0.15) is 0 Å². The zero-order valence-corrected chi connectivity index (χ0v) is 9.88. The summed E-state index contributed by atoms with van der Waals surface area (Å²) in [5, 5.41) is 0.989. The summed E-state index contributed by atoms with van der Waals surface area (Å²) in [5.74, 6) is 1.42. The molecular formula is C14H12N2O2. The van der Waals surface area contributed by atoms with Crippen LogP contribution in [0.4, 0.5) is 5.69 Å². The smallest absolute Gasteiger partial charge is 0.176 e. The molecule has 0 bridgehead atoms. The SMILES string of the molecule is COc1cccc2cc(-c3ccc(N)cn3)oc12. The molecule has 0 aliphatic rings. The van der Waals surface area contributed by atoms with Crippen molar-refractivity contribution in [3.05, 3.63) is 42.6 Å². The minimum atomic E-state index is 0.632. The Hall–Kier alpha value is -2.49. The summed E-state index contributed by atoms with van der Waals surface area (Å²) in [6.45, 7) is 0. The predicted molar refractivity (Wildman–Crippen MR) is 70.4 cm³/mol. The van der Waals surface area contributed by atoms with Crippen LogP contribution < -0.4 is 10.5 Å². The number of ether oxygens (including phenoxy) is 1. The zero-order valence-electron chi connectivity index (χ0n) is 9.88. The van der Waals surface area contributed by atoms with E-state index in [1.54, 1.807) is 19.4 Å². The largest absolute Gasteiger partial charge is 0.493 e. The van der Waals surface area contributed by atoms with E-state index >= 15 is 0 Å². The molecule has 0 amide bonds. The number of nitrogens with two attached hydrogens (primary N) is 1. The van der Waals surface area contributed by atoms with Crippen LogP contribution in [0.3, 0.4) is 0 Å². The third-order valence-electron chi connectivity index (χ3n) is 2.77. The normalized spacial score (nSPS) is 10.7. The fourth-order valence-electron chi connectivity index (χ4n) is 1.87. The number of anilines is 1. The first-order chi connectivity index (χ1) is 8.78. The summed E-state index contributed by atoms with van der Waals surface area (Å²) >= 11 is 0. The van der Waals surface area contributed by atoms with Crippen LogP contribution in [-0.4, -0.2) is 12.1 Å². The Morgan fingerprint density at radius 1 is 1.22 bits per heavy atom. The molecule has 2 heterocycles. The van der Waals surface area contributed by atoms with Gasteiger partial charge in [0.15, 0.2) is 17.1 Å². The lowest BCUT2D eigenvalue weighted by molar-refractivity contribution is 0.411. The van der Waals surface area contributed by atoms with Gasteiger partial charge in [-0.1, -0.05) is 12.1 Å². The predicted octanol–water partition coefficient (Wildman–Crippen LogP) is 3.09. The van der Waals surface area contributed by atoms with Gasteiger partial charge in [-0.25, -0.2) is 0 Å². The van der Waals surface area contributed by atoms with Crippen LogP contribution in [0.5, 0.6) is 5.75 Å². The van der Waals surface area contributed by atoms with Crippen molar-refractivity contribution in [2.24, 2.45) is 0 Å². The average molecular weight is 240 g/mol. The molecule has 4 heteroatoms. The highest BCUT2D eigenvalue weighted by Crippen LogP contribution is 2.32. The van der Waals surface area contributed by atoms with Gasteiger partial charge in [-0.15, -0.1) is 0 Å². The summed E-state index contributed by atoms with van der Waals surface area (Å²) in [6.07, 6.45) is 1.61. The van der Waals surface area contributed by atoms with Gasteiger partial charge in [0.05, 0.1) is 19.0 Å². The topological polar surface area (TPSA) is 61.3 Å². The number of aromatic nitrogens is 1. The van der Waals surface area contributed by atoms with E-state index < -0.39 is 0 Å². The van der Waals surface area contributed by atoms with Crippen LogP contribution in [0.1, 0.15) is 0 Å². The third kappa shape index (κ3) is 1.68. The lowest BCUT2D eigenvalue weighted by Crippen LogP contribution is -1.86. The van der Waals surface area contributed by atoms with E-state index in [1.807, 2.05) is 30.3 Å². The van der Waals surface area contributed by atoms with E-state index in [-0.39, 0.29) is 0 Å². The number of fused-ring (bicyclic) bond motifs is 1. The molecule has 90 valence electrons. The Bertz CT molecular complexity index is 687. The number of nitrogen functional groups attached to an aromatic ring is 1. The summed E-state index contributed by atoms with van der Waals surface area (Å²) in [4.78, 5) is 4.24. The van der Waals surface area contributed by atoms with Crippen molar-refractivity contribution in [3.63, 3.8) is 0 Å². The summed E-state index contributed by atoms with van der Waals surface area (Å²) in [7, 11) is 1.62. The van der Waals surface area contributed by atoms with Crippen LogP contribution in [0.2, 0.25) is 0 Å². The van der Waals surface area contributed by atoms with Gasteiger partial charge < -0.3 is 14.9 Å². The van der Waals surface area contributed by atoms with E-state index in [0.29, 0.717) is 17.2 Å². The monoisotopic (exact) mass is 240 g/mol. The molecule has 2 aromatic heterocycles. The zero-order chi connectivity index (χ0) is 12.5. The third-order valence-corrected chi connectivity index (χ3v) is 2.77. The van der Waals surface area contributed by atoms with Crippen molar-refractivity contribution >= 4 is 16.7 Å². The van der Waals surface area contributed by atoms with Crippen molar-refractivity contribution in [3.8, 4) is 17.2 Å². The van der Waals surface area contributed by atoms with Gasteiger partial charge in [0.2, 0.25) is 0 Å². The van der Waals surface area contributed by atoms with Crippen LogP contribution in [0, 0.1) is 0 Å². The maximum absolute atomic E-state index is 5.79. The molecule has 0 aliphatic carbocycles. The van der Waals surface area contributed by atoms with E-state index in [0.717, 1.165) is 16.7 Å². The van der Waals surface area contributed by atoms with Gasteiger partial charge >= 0.3 is 0 Å². The highest BCUT2D eigenvalue weighted by molar-refractivity contribution is 5.87. The summed E-state index contributed by atoms with van der Waals surface area (Å²) in [5.41, 5.74) is 7.73. The number of benzene rings is 1. The first kappa shape index (κ1) is 10.7. The van der Waals surface area contributed by atoms with Gasteiger partial charge in [0.1, 0.15) is 5.69 Å². The molecule has 3 rings (SSSR count). The minimum absolute atomic E-state index is 0.632. The van der Waals surface area contributed by atoms with Gasteiger partial charge in [0.25, 0.3) is 0 Å². The van der Waals surface area contributed by atoms with E-state index in [2.05, 4.69) is 4.98 Å². The molecule has 0 radical (unpaired) electrons. The molecule has 0 atom stereocenters. The molecule has 18 heavy (non-hydrogen) atoms. The van der Waals surface area contributed by atoms with Crippen molar-refractivity contribution in [1.82, 2.24) is 4.98 Å². The van der Waals surface area contributed by atoms with E-state index in [4.69, 9.17) is 14.9 Å². The Morgan fingerprint density at radius 2 is 2.11 bits per heavy atom. The highest BCUT2D eigenvalue weighted by Gasteiger charge is 2.10. The Balaban J connectivity index is 2.16. The molecule has 0 unspecified atom stereocenters. The fraction of sp³-hybridized carbons (Fsp3) is 0.0714. The van der Waals surface area contributed by atoms with E-state index in [9.17, 15) is 0 Å². The first-order valence-corrected chi connectivity index (χ1v) is 5.56. The molecule has 1 aromatic carbocycles. The number of nitrogens with zero attached hydrogens (tertiary/aromatic N) is 1. The van der Waals surface area contributed by atoms with E-state index in [1.165, 1.54) is 0 Å². The Kier molecular flexibility index (Phi) is 2.41. The molecule has 0 fully saturated rings. The first-order valence-electron chi connectivity index (χ1n) is 5.56. The number of methoxy groups -OCH3 is 1. The van der Waals surface area contributed by atoms with Gasteiger partial charge in [-0.05, 0) is 24.3 Å². The van der Waals surface area contributed by atoms with Gasteiger partial charge in [0, 0.05) is 5.39 Å². The second kappa shape index (κ2) is 4.07. The Labute approximate surface area is 104 Å².